The van der Waals surface area contributed by atoms with Gasteiger partial charge in [-0.05, 0) is 0 Å². The zero-order chi connectivity index (χ0) is 15.3. The van der Waals surface area contributed by atoms with Gasteiger partial charge in [0.25, 0.3) is 0 Å². The number of nitro benzene ring substituents is 1. The molecule has 0 radical (unpaired) electrons. The van der Waals surface area contributed by atoms with E-state index in [9.17, 15) is 27.3 Å². The van der Waals surface area contributed by atoms with Crippen molar-refractivity contribution in [2.75, 3.05) is 12.4 Å². The summed E-state index contributed by atoms with van der Waals surface area (Å²) in [6.45, 7) is -0.181. The van der Waals surface area contributed by atoms with E-state index in [0.29, 0.717) is 6.07 Å². The van der Waals surface area contributed by atoms with E-state index in [1.807, 2.05) is 4.72 Å². The van der Waals surface area contributed by atoms with Crippen LogP contribution in [0.5, 0.6) is 0 Å². The molecule has 0 amide bonds. The zero-order valence-electron chi connectivity index (χ0n) is 9.85. The molecule has 0 aliphatic heterocycles. The Morgan fingerprint density at radius 1 is 1.30 bits per heavy atom. The van der Waals surface area contributed by atoms with Gasteiger partial charge in [-0.2, -0.15) is 4.39 Å². The second-order valence-corrected chi connectivity index (χ2v) is 5.51. The SMILES string of the molecule is O=[N+]([O-])c1cc(S(=O)(=O)NC/C=C/CCl)c(F)cc1F. The van der Waals surface area contributed by atoms with E-state index in [1.54, 1.807) is 0 Å². The number of allylic oxidation sites excluding steroid dienone is 1. The molecule has 0 unspecified atom stereocenters. The van der Waals surface area contributed by atoms with Crippen molar-refractivity contribution in [3.8, 4) is 0 Å². The van der Waals surface area contributed by atoms with Crippen LogP contribution in [-0.4, -0.2) is 25.8 Å². The predicted molar refractivity (Wildman–Crippen MR) is 68.1 cm³/mol. The van der Waals surface area contributed by atoms with Crippen LogP contribution in [0.15, 0.2) is 29.2 Å². The lowest BCUT2D eigenvalue weighted by Gasteiger charge is -2.06. The van der Waals surface area contributed by atoms with Crippen molar-refractivity contribution in [3.05, 3.63) is 46.0 Å². The monoisotopic (exact) mass is 326 g/mol. The van der Waals surface area contributed by atoms with Gasteiger partial charge in [0.2, 0.25) is 15.8 Å². The van der Waals surface area contributed by atoms with E-state index in [1.165, 1.54) is 12.2 Å². The summed E-state index contributed by atoms with van der Waals surface area (Å²) >= 11 is 5.33. The lowest BCUT2D eigenvalue weighted by atomic mass is 10.3. The Hall–Kier alpha value is -1.58. The third-order valence-electron chi connectivity index (χ3n) is 2.13. The molecule has 0 saturated heterocycles. The highest BCUT2D eigenvalue weighted by atomic mass is 35.5. The summed E-state index contributed by atoms with van der Waals surface area (Å²) in [5.41, 5.74) is -1.12. The van der Waals surface area contributed by atoms with Crippen LogP contribution >= 0.6 is 11.6 Å². The topological polar surface area (TPSA) is 89.3 Å². The first-order chi connectivity index (χ1) is 9.29. The summed E-state index contributed by atoms with van der Waals surface area (Å²) in [7, 11) is -4.33. The molecule has 110 valence electrons. The maximum atomic E-state index is 13.4. The third kappa shape index (κ3) is 3.95. The van der Waals surface area contributed by atoms with Gasteiger partial charge in [-0.3, -0.25) is 10.1 Å². The summed E-state index contributed by atoms with van der Waals surface area (Å²) in [5, 5.41) is 10.5. The molecule has 0 aliphatic rings. The van der Waals surface area contributed by atoms with E-state index in [-0.39, 0.29) is 18.5 Å². The normalized spacial score (nSPS) is 11.9. The van der Waals surface area contributed by atoms with Gasteiger partial charge in [-0.25, -0.2) is 17.5 Å². The fourth-order valence-corrected chi connectivity index (χ4v) is 2.43. The van der Waals surface area contributed by atoms with Gasteiger partial charge in [0, 0.05) is 24.6 Å². The fraction of sp³-hybridized carbons (Fsp3) is 0.200. The molecule has 0 saturated carbocycles. The van der Waals surface area contributed by atoms with Crippen LogP contribution < -0.4 is 4.72 Å². The molecule has 0 aromatic heterocycles. The van der Waals surface area contributed by atoms with E-state index in [0.717, 1.165) is 0 Å². The van der Waals surface area contributed by atoms with Gasteiger partial charge < -0.3 is 0 Å². The molecule has 0 bridgehead atoms. The molecule has 1 rings (SSSR count). The van der Waals surface area contributed by atoms with Crippen LogP contribution in [0.1, 0.15) is 0 Å². The Morgan fingerprint density at radius 2 is 1.95 bits per heavy atom. The highest BCUT2D eigenvalue weighted by Gasteiger charge is 2.25. The zero-order valence-corrected chi connectivity index (χ0v) is 11.4. The summed E-state index contributed by atoms with van der Waals surface area (Å²) in [4.78, 5) is 8.38. The number of hydrogen-bond donors (Lipinski definition) is 1. The van der Waals surface area contributed by atoms with Gasteiger partial charge in [-0.1, -0.05) is 12.2 Å². The van der Waals surface area contributed by atoms with Crippen LogP contribution in [0.3, 0.4) is 0 Å². The van der Waals surface area contributed by atoms with Gasteiger partial charge in [0.15, 0.2) is 0 Å². The van der Waals surface area contributed by atoms with Crippen LogP contribution in [0.2, 0.25) is 0 Å². The maximum absolute atomic E-state index is 13.4. The molecule has 6 nitrogen and oxygen atoms in total. The van der Waals surface area contributed by atoms with Crippen LogP contribution in [0.4, 0.5) is 14.5 Å². The van der Waals surface area contributed by atoms with Crippen LogP contribution in [0, 0.1) is 21.7 Å². The molecule has 1 aromatic carbocycles. The highest BCUT2D eigenvalue weighted by Crippen LogP contribution is 2.24. The van der Waals surface area contributed by atoms with Crippen LogP contribution in [-0.2, 0) is 10.0 Å². The standard InChI is InChI=1S/C10H9ClF2N2O4S/c11-3-1-2-4-14-20(18,19)10-6-9(15(16)17)7(12)5-8(10)13/h1-2,5-6,14H,3-4H2/b2-1+. The number of nitro groups is 1. The summed E-state index contributed by atoms with van der Waals surface area (Å²) < 4.78 is 52.0. The first-order valence-corrected chi connectivity index (χ1v) is 7.15. The van der Waals surface area contributed by atoms with Gasteiger partial charge in [-0.15, -0.1) is 11.6 Å². The fourth-order valence-electron chi connectivity index (χ4n) is 1.25. The van der Waals surface area contributed by atoms with E-state index in [2.05, 4.69) is 0 Å². The Bertz CT molecular complexity index is 649. The number of sulfonamides is 1. The van der Waals surface area contributed by atoms with Crippen molar-refractivity contribution in [1.82, 2.24) is 4.72 Å². The van der Waals surface area contributed by atoms with E-state index < -0.39 is 37.2 Å². The molecule has 0 fully saturated rings. The minimum absolute atomic E-state index is 0.154. The van der Waals surface area contributed by atoms with Crippen molar-refractivity contribution in [1.29, 1.82) is 0 Å². The van der Waals surface area contributed by atoms with E-state index in [4.69, 9.17) is 11.6 Å². The quantitative estimate of drug-likeness (QED) is 0.374. The Morgan fingerprint density at radius 3 is 2.50 bits per heavy atom. The number of benzene rings is 1. The maximum Gasteiger partial charge on any atom is 0.306 e. The van der Waals surface area contributed by atoms with Crippen molar-refractivity contribution in [3.63, 3.8) is 0 Å². The molecule has 10 heteroatoms. The van der Waals surface area contributed by atoms with Crippen molar-refractivity contribution in [2.45, 2.75) is 4.90 Å². The first kappa shape index (κ1) is 16.5. The van der Waals surface area contributed by atoms with Crippen molar-refractivity contribution >= 4 is 27.3 Å². The second-order valence-electron chi connectivity index (χ2n) is 3.47. The molecule has 0 atom stereocenters. The smallest absolute Gasteiger partial charge is 0.258 e. The molecule has 0 heterocycles. The number of hydrogen-bond acceptors (Lipinski definition) is 4. The minimum atomic E-state index is -4.33. The largest absolute Gasteiger partial charge is 0.306 e. The molecular formula is C10H9ClF2N2O4S. The van der Waals surface area contributed by atoms with Crippen molar-refractivity contribution in [2.24, 2.45) is 0 Å². The van der Waals surface area contributed by atoms with Gasteiger partial charge in [0.1, 0.15) is 10.7 Å². The first-order valence-electron chi connectivity index (χ1n) is 5.13. The number of rotatable bonds is 6. The second kappa shape index (κ2) is 6.73. The van der Waals surface area contributed by atoms with E-state index >= 15 is 0 Å². The van der Waals surface area contributed by atoms with Crippen LogP contribution in [0.25, 0.3) is 0 Å². The molecule has 0 aliphatic carbocycles. The molecule has 20 heavy (non-hydrogen) atoms. The highest BCUT2D eigenvalue weighted by molar-refractivity contribution is 7.89. The number of nitrogens with one attached hydrogen (secondary N) is 1. The van der Waals surface area contributed by atoms with Gasteiger partial charge >= 0.3 is 5.69 Å². The lowest BCUT2D eigenvalue weighted by molar-refractivity contribution is -0.387. The average Bonchev–Trinajstić information content (AvgIpc) is 2.33. The minimum Gasteiger partial charge on any atom is -0.258 e. The lowest BCUT2D eigenvalue weighted by Crippen LogP contribution is -2.25. The molecular weight excluding hydrogens is 318 g/mol. The Labute approximate surface area is 118 Å². The molecule has 1 aromatic rings. The average molecular weight is 327 g/mol. The number of halogens is 3. The molecule has 1 N–H and O–H groups in total. The third-order valence-corrected chi connectivity index (χ3v) is 3.75. The van der Waals surface area contributed by atoms with Crippen molar-refractivity contribution < 1.29 is 22.1 Å². The Kier molecular flexibility index (Phi) is 5.54. The summed E-state index contributed by atoms with van der Waals surface area (Å²) in [5.74, 6) is -2.70. The Balaban J connectivity index is 3.15. The summed E-state index contributed by atoms with van der Waals surface area (Å²) in [6, 6.07) is 0.486. The summed E-state index contributed by atoms with van der Waals surface area (Å²) in [6.07, 6.45) is 2.83. The number of alkyl halides is 1. The van der Waals surface area contributed by atoms with Gasteiger partial charge in [0.05, 0.1) is 4.92 Å². The molecule has 0 spiro atoms. The predicted octanol–water partition coefficient (Wildman–Crippen LogP) is 1.95. The number of nitrogens with zero attached hydrogens (tertiary/aromatic N) is 1.